The number of hydrogen-bond acceptors (Lipinski definition) is 4. The second-order valence-electron chi connectivity index (χ2n) is 6.30. The first kappa shape index (κ1) is 19.9. The number of alkyl halides is 3. The summed E-state index contributed by atoms with van der Waals surface area (Å²) >= 11 is 1.10. The van der Waals surface area contributed by atoms with Gasteiger partial charge >= 0.3 is 6.18 Å². The molecular weight excluding hydrogens is 353 g/mol. The highest BCUT2D eigenvalue weighted by atomic mass is 32.2. The Hall–Kier alpha value is -1.41. The molecule has 1 amide bonds. The molecule has 0 aromatic heterocycles. The normalized spacial score (nSPS) is 20.8. The van der Waals surface area contributed by atoms with Crippen molar-refractivity contribution in [3.05, 3.63) is 23.3 Å². The predicted molar refractivity (Wildman–Crippen MR) is 92.4 cm³/mol. The molecule has 1 fully saturated rings. The third-order valence-electron chi connectivity index (χ3n) is 4.52. The second-order valence-corrected chi connectivity index (χ2v) is 7.14. The van der Waals surface area contributed by atoms with Crippen LogP contribution in [0.25, 0.3) is 0 Å². The van der Waals surface area contributed by atoms with Gasteiger partial charge in [0.05, 0.1) is 18.2 Å². The molecule has 25 heavy (non-hydrogen) atoms. The largest absolute Gasteiger partial charge is 0.496 e. The number of carbonyl (C=O) groups is 1. The van der Waals surface area contributed by atoms with Crippen molar-refractivity contribution in [1.29, 1.82) is 0 Å². The van der Waals surface area contributed by atoms with Crippen molar-refractivity contribution >= 4 is 17.7 Å². The lowest BCUT2D eigenvalue weighted by atomic mass is 10.1. The Balaban J connectivity index is 2.35. The van der Waals surface area contributed by atoms with E-state index in [1.165, 1.54) is 7.11 Å². The van der Waals surface area contributed by atoms with Crippen LogP contribution in [-0.4, -0.2) is 50.4 Å². The van der Waals surface area contributed by atoms with Crippen molar-refractivity contribution in [2.45, 2.75) is 42.4 Å². The van der Waals surface area contributed by atoms with Crippen LogP contribution in [0.1, 0.15) is 35.2 Å². The van der Waals surface area contributed by atoms with Gasteiger partial charge in [0.15, 0.2) is 0 Å². The van der Waals surface area contributed by atoms with E-state index in [1.54, 1.807) is 6.26 Å². The summed E-state index contributed by atoms with van der Waals surface area (Å²) in [6.45, 7) is 0. The molecule has 1 aliphatic rings. The van der Waals surface area contributed by atoms with Gasteiger partial charge in [0.1, 0.15) is 5.75 Å². The Kier molecular flexibility index (Phi) is 6.26. The maximum Gasteiger partial charge on any atom is 0.416 e. The number of hydrogen-bond donors (Lipinski definition) is 1. The lowest BCUT2D eigenvalue weighted by Gasteiger charge is -2.27. The molecule has 1 aliphatic carbocycles. The van der Waals surface area contributed by atoms with Gasteiger partial charge in [0.25, 0.3) is 5.91 Å². The van der Waals surface area contributed by atoms with Crippen LogP contribution >= 0.6 is 11.8 Å². The molecule has 0 heterocycles. The van der Waals surface area contributed by atoms with E-state index in [-0.39, 0.29) is 28.3 Å². The summed E-state index contributed by atoms with van der Waals surface area (Å²) in [5.74, 6) is -0.454. The maximum atomic E-state index is 13.1. The SMILES string of the molecule is COc1cc(C(F)(F)F)cc(SC)c1C(=O)N[C@@H]1CCC[C@@H]1N(C)C. The molecule has 2 atom stereocenters. The van der Waals surface area contributed by atoms with E-state index < -0.39 is 17.6 Å². The van der Waals surface area contributed by atoms with E-state index in [9.17, 15) is 18.0 Å². The maximum absolute atomic E-state index is 13.1. The summed E-state index contributed by atoms with van der Waals surface area (Å²) in [6.07, 6.45) is -0.00488. The average Bonchev–Trinajstić information content (AvgIpc) is 3.00. The van der Waals surface area contributed by atoms with E-state index in [1.807, 2.05) is 14.1 Å². The molecular formula is C17H23F3N2O2S. The molecule has 0 radical (unpaired) electrons. The van der Waals surface area contributed by atoms with E-state index in [2.05, 4.69) is 10.2 Å². The minimum atomic E-state index is -4.49. The lowest BCUT2D eigenvalue weighted by molar-refractivity contribution is -0.137. The molecule has 1 N–H and O–H groups in total. The van der Waals surface area contributed by atoms with Crippen LogP contribution in [0.3, 0.4) is 0 Å². The van der Waals surface area contributed by atoms with Crippen LogP contribution < -0.4 is 10.1 Å². The van der Waals surface area contributed by atoms with Crippen molar-refractivity contribution in [3.8, 4) is 5.75 Å². The highest BCUT2D eigenvalue weighted by Crippen LogP contribution is 2.38. The molecule has 0 bridgehead atoms. The zero-order valence-electron chi connectivity index (χ0n) is 14.7. The molecule has 1 aromatic carbocycles. The molecule has 2 rings (SSSR count). The zero-order chi connectivity index (χ0) is 18.8. The first-order valence-corrected chi connectivity index (χ1v) is 9.22. The Labute approximate surface area is 150 Å². The second kappa shape index (κ2) is 7.86. The number of benzene rings is 1. The molecule has 0 aliphatic heterocycles. The van der Waals surface area contributed by atoms with E-state index in [4.69, 9.17) is 4.74 Å². The first-order valence-electron chi connectivity index (χ1n) is 7.99. The molecule has 0 spiro atoms. The fourth-order valence-corrected chi connectivity index (χ4v) is 3.91. The quantitative estimate of drug-likeness (QED) is 0.797. The number of amides is 1. The van der Waals surface area contributed by atoms with E-state index in [0.29, 0.717) is 0 Å². The fraction of sp³-hybridized carbons (Fsp3) is 0.588. The molecule has 0 saturated heterocycles. The number of likely N-dealkylation sites (N-methyl/N-ethyl adjacent to an activating group) is 1. The summed E-state index contributed by atoms with van der Waals surface area (Å²) in [5.41, 5.74) is -0.662. The topological polar surface area (TPSA) is 41.6 Å². The number of nitrogens with one attached hydrogen (secondary N) is 1. The lowest BCUT2D eigenvalue weighted by Crippen LogP contribution is -2.46. The number of nitrogens with zero attached hydrogens (tertiary/aromatic N) is 1. The highest BCUT2D eigenvalue weighted by Gasteiger charge is 2.35. The van der Waals surface area contributed by atoms with Gasteiger partial charge in [0, 0.05) is 17.0 Å². The molecule has 1 saturated carbocycles. The van der Waals surface area contributed by atoms with Crippen LogP contribution in [0.2, 0.25) is 0 Å². The standard InChI is InChI=1S/C17H23F3N2O2S/c1-22(2)12-7-5-6-11(12)21-16(23)15-13(24-3)8-10(17(18,19)20)9-14(15)25-4/h8-9,11-12H,5-7H2,1-4H3,(H,21,23)/t11-,12+/m1/s1. The monoisotopic (exact) mass is 376 g/mol. The van der Waals surface area contributed by atoms with Gasteiger partial charge < -0.3 is 15.0 Å². The van der Waals surface area contributed by atoms with Crippen LogP contribution in [-0.2, 0) is 6.18 Å². The third-order valence-corrected chi connectivity index (χ3v) is 5.28. The van der Waals surface area contributed by atoms with Crippen molar-refractivity contribution in [1.82, 2.24) is 10.2 Å². The summed E-state index contributed by atoms with van der Waals surface area (Å²) in [7, 11) is 5.19. The van der Waals surface area contributed by atoms with Crippen LogP contribution in [0.5, 0.6) is 5.75 Å². The van der Waals surface area contributed by atoms with Crippen molar-refractivity contribution in [2.75, 3.05) is 27.5 Å². The Morgan fingerprint density at radius 1 is 1.32 bits per heavy atom. The molecule has 4 nitrogen and oxygen atoms in total. The van der Waals surface area contributed by atoms with Gasteiger partial charge in [-0.1, -0.05) is 0 Å². The number of halogens is 3. The van der Waals surface area contributed by atoms with Crippen molar-refractivity contribution in [2.24, 2.45) is 0 Å². The first-order chi connectivity index (χ1) is 11.7. The van der Waals surface area contributed by atoms with Gasteiger partial charge in [-0.3, -0.25) is 4.79 Å². The minimum Gasteiger partial charge on any atom is -0.496 e. The Morgan fingerprint density at radius 3 is 2.52 bits per heavy atom. The number of ether oxygens (including phenoxy) is 1. The highest BCUT2D eigenvalue weighted by molar-refractivity contribution is 7.98. The minimum absolute atomic E-state index is 0.0239. The summed E-state index contributed by atoms with van der Waals surface area (Å²) < 4.78 is 44.2. The molecule has 140 valence electrons. The number of carbonyl (C=O) groups excluding carboxylic acids is 1. The van der Waals surface area contributed by atoms with Crippen LogP contribution in [0.15, 0.2) is 17.0 Å². The molecule has 1 aromatic rings. The van der Waals surface area contributed by atoms with Gasteiger partial charge in [0.2, 0.25) is 0 Å². The predicted octanol–water partition coefficient (Wildman–Crippen LogP) is 3.65. The molecule has 8 heteroatoms. The summed E-state index contributed by atoms with van der Waals surface area (Å²) in [4.78, 5) is 15.1. The summed E-state index contributed by atoms with van der Waals surface area (Å²) in [5, 5.41) is 2.98. The van der Waals surface area contributed by atoms with Crippen LogP contribution in [0, 0.1) is 0 Å². The third kappa shape index (κ3) is 4.41. The Bertz CT molecular complexity index is 610. The Morgan fingerprint density at radius 2 is 2.00 bits per heavy atom. The van der Waals surface area contributed by atoms with Crippen molar-refractivity contribution < 1.29 is 22.7 Å². The smallest absolute Gasteiger partial charge is 0.416 e. The van der Waals surface area contributed by atoms with Crippen LogP contribution in [0.4, 0.5) is 13.2 Å². The number of rotatable bonds is 5. The van der Waals surface area contributed by atoms with E-state index in [0.717, 1.165) is 43.2 Å². The van der Waals surface area contributed by atoms with Gasteiger partial charge in [-0.15, -0.1) is 11.8 Å². The van der Waals surface area contributed by atoms with Gasteiger partial charge in [-0.25, -0.2) is 0 Å². The number of methoxy groups -OCH3 is 1. The van der Waals surface area contributed by atoms with Crippen molar-refractivity contribution in [3.63, 3.8) is 0 Å². The summed E-state index contributed by atoms with van der Waals surface area (Å²) in [6, 6.07) is 2.08. The zero-order valence-corrected chi connectivity index (χ0v) is 15.6. The number of thioether (sulfide) groups is 1. The molecule has 0 unspecified atom stereocenters. The fourth-order valence-electron chi connectivity index (χ4n) is 3.27. The van der Waals surface area contributed by atoms with Gasteiger partial charge in [-0.2, -0.15) is 13.2 Å². The van der Waals surface area contributed by atoms with E-state index >= 15 is 0 Å². The van der Waals surface area contributed by atoms with Gasteiger partial charge in [-0.05, 0) is 51.7 Å². The average molecular weight is 376 g/mol.